The first kappa shape index (κ1) is 23.6. The van der Waals surface area contributed by atoms with Gasteiger partial charge in [-0.3, -0.25) is 9.69 Å². The van der Waals surface area contributed by atoms with E-state index in [1.807, 2.05) is 53.5 Å². The summed E-state index contributed by atoms with van der Waals surface area (Å²) in [5.41, 5.74) is 2.43. The predicted molar refractivity (Wildman–Crippen MR) is 139 cm³/mol. The number of halogens is 1. The molecule has 5 rings (SSSR count). The fourth-order valence-corrected chi connectivity index (χ4v) is 6.75. The lowest BCUT2D eigenvalue weighted by atomic mass is 9.93. The van der Waals surface area contributed by atoms with Crippen molar-refractivity contribution in [3.8, 4) is 0 Å². The van der Waals surface area contributed by atoms with Crippen LogP contribution in [0.25, 0.3) is 6.08 Å². The van der Waals surface area contributed by atoms with Crippen molar-refractivity contribution in [2.75, 3.05) is 33.2 Å². The van der Waals surface area contributed by atoms with E-state index in [-0.39, 0.29) is 17.1 Å². The lowest BCUT2D eigenvalue weighted by Crippen LogP contribution is -2.52. The van der Waals surface area contributed by atoms with Gasteiger partial charge in [-0.1, -0.05) is 66.9 Å². The van der Waals surface area contributed by atoms with Gasteiger partial charge in [0.25, 0.3) is 5.91 Å². The van der Waals surface area contributed by atoms with Gasteiger partial charge in [-0.25, -0.2) is 4.79 Å². The van der Waals surface area contributed by atoms with Crippen molar-refractivity contribution < 1.29 is 14.2 Å². The van der Waals surface area contributed by atoms with Gasteiger partial charge in [-0.05, 0) is 36.6 Å². The molecule has 2 fully saturated rings. The maximum Gasteiger partial charge on any atom is 0.425 e. The van der Waals surface area contributed by atoms with E-state index in [2.05, 4.69) is 4.90 Å². The predicted octanol–water partition coefficient (Wildman–Crippen LogP) is 4.38. The number of carbonyl (C=O) groups excluding carboxylic acids is 2. The van der Waals surface area contributed by atoms with Crippen LogP contribution in [0.3, 0.4) is 0 Å². The van der Waals surface area contributed by atoms with E-state index in [4.69, 9.17) is 11.6 Å². The van der Waals surface area contributed by atoms with Gasteiger partial charge in [0, 0.05) is 48.9 Å². The molecule has 0 aromatic heterocycles. The second kappa shape index (κ2) is 10.2. The normalized spacial score (nSPS) is 25.5. The molecule has 1 atom stereocenters. The van der Waals surface area contributed by atoms with E-state index in [1.165, 1.54) is 43.9 Å². The van der Waals surface area contributed by atoms with Gasteiger partial charge in [0.05, 0.1) is 0 Å². The molecule has 0 bridgehead atoms. The summed E-state index contributed by atoms with van der Waals surface area (Å²) in [7, 11) is 1.79. The maximum atomic E-state index is 13.3. The molecular formula is C27H31ClN3O2S+. The smallest absolute Gasteiger partial charge is 0.336 e. The number of thioether (sulfide) groups is 1. The van der Waals surface area contributed by atoms with E-state index >= 15 is 0 Å². The lowest BCUT2D eigenvalue weighted by molar-refractivity contribution is -0.413. The Morgan fingerprint density at radius 1 is 1.15 bits per heavy atom. The number of amides is 2. The van der Waals surface area contributed by atoms with Crippen LogP contribution in [-0.4, -0.2) is 76.4 Å². The van der Waals surface area contributed by atoms with Crippen LogP contribution in [0, 0.1) is 0 Å². The van der Waals surface area contributed by atoms with Crippen LogP contribution in [0.1, 0.15) is 37.7 Å². The first-order valence-corrected chi connectivity index (χ1v) is 13.5. The molecule has 34 heavy (non-hydrogen) atoms. The second-order valence-corrected chi connectivity index (χ2v) is 11.1. The average molecular weight is 497 g/mol. The number of allylic oxidation sites excluding steroid dienone is 1. The number of fused-ring (bicyclic) bond motifs is 1. The lowest BCUT2D eigenvalue weighted by Gasteiger charge is -2.41. The molecule has 0 spiro atoms. The van der Waals surface area contributed by atoms with Crippen LogP contribution < -0.4 is 0 Å². The highest BCUT2D eigenvalue weighted by molar-refractivity contribution is 8.05. The van der Waals surface area contributed by atoms with Gasteiger partial charge >= 0.3 is 5.91 Å². The van der Waals surface area contributed by atoms with Crippen molar-refractivity contribution in [1.29, 1.82) is 0 Å². The number of benzene rings is 1. The Morgan fingerprint density at radius 2 is 1.91 bits per heavy atom. The van der Waals surface area contributed by atoms with Crippen LogP contribution in [0.5, 0.6) is 0 Å². The van der Waals surface area contributed by atoms with E-state index in [9.17, 15) is 9.59 Å². The van der Waals surface area contributed by atoms with E-state index in [0.29, 0.717) is 21.5 Å². The molecule has 5 nitrogen and oxygen atoms in total. The maximum absolute atomic E-state index is 13.3. The highest BCUT2D eigenvalue weighted by Crippen LogP contribution is 2.34. The molecule has 1 saturated heterocycles. The molecular weight excluding hydrogens is 466 g/mol. The Kier molecular flexibility index (Phi) is 7.09. The molecule has 1 aromatic carbocycles. The minimum Gasteiger partial charge on any atom is -0.336 e. The summed E-state index contributed by atoms with van der Waals surface area (Å²) < 4.78 is 1.68. The molecule has 4 aliphatic rings. The van der Waals surface area contributed by atoms with E-state index < -0.39 is 0 Å². The molecule has 178 valence electrons. The second-order valence-electron chi connectivity index (χ2n) is 9.47. The zero-order chi connectivity index (χ0) is 23.7. The van der Waals surface area contributed by atoms with Crippen molar-refractivity contribution in [3.05, 3.63) is 63.6 Å². The first-order chi connectivity index (χ1) is 16.5. The van der Waals surface area contributed by atoms with Crippen LogP contribution in [-0.2, 0) is 9.59 Å². The molecule has 7 heteroatoms. The zero-order valence-corrected chi connectivity index (χ0v) is 21.2. The molecule has 1 saturated carbocycles. The van der Waals surface area contributed by atoms with Crippen LogP contribution in [0.15, 0.2) is 53.0 Å². The van der Waals surface area contributed by atoms with Crippen LogP contribution >= 0.6 is 23.4 Å². The third kappa shape index (κ3) is 4.95. The summed E-state index contributed by atoms with van der Waals surface area (Å²) in [4.78, 5) is 31.6. The third-order valence-electron chi connectivity index (χ3n) is 7.29. The van der Waals surface area contributed by atoms with Gasteiger partial charge < -0.3 is 4.90 Å². The van der Waals surface area contributed by atoms with Crippen molar-refractivity contribution in [2.24, 2.45) is 0 Å². The molecule has 2 aliphatic heterocycles. The fourth-order valence-electron chi connectivity index (χ4n) is 5.33. The van der Waals surface area contributed by atoms with Crippen LogP contribution in [0.2, 0.25) is 5.02 Å². The number of hydrogen-bond acceptors (Lipinski definition) is 4. The molecule has 2 heterocycles. The zero-order valence-electron chi connectivity index (χ0n) is 19.6. The summed E-state index contributed by atoms with van der Waals surface area (Å²) in [6.07, 6.45) is 14.4. The number of rotatable bonds is 3. The molecule has 0 radical (unpaired) electrons. The standard InChI is InChI=1S/C27H31ClN3O2S/c1-29-23-18-20(26(32)31-14-12-30(13-15-31)22-8-3-2-4-9-22)10-11-24(23)34-25(27(29)33)17-19-6-5-7-21(28)16-19/h5-7,10-11,16-18,22,24H,2-4,8-9,12-15H2,1H3/q+1/b25-17+. The SMILES string of the molecule is C[N+]1=C2C=C(C(=O)N3CCN(C4CCCCC4)CC3)C=CC2S/C(=C/c2cccc(Cl)c2)C1=O. The molecule has 1 unspecified atom stereocenters. The Bertz CT molecular complexity index is 1110. The number of piperazine rings is 1. The topological polar surface area (TPSA) is 43.6 Å². The van der Waals surface area contributed by atoms with E-state index in [0.717, 1.165) is 37.5 Å². The Hall–Kier alpha value is -2.15. The van der Waals surface area contributed by atoms with E-state index in [1.54, 1.807) is 11.6 Å². The largest absolute Gasteiger partial charge is 0.425 e. The minimum absolute atomic E-state index is 0.00725. The summed E-state index contributed by atoms with van der Waals surface area (Å²) in [5.74, 6) is 0.00674. The summed E-state index contributed by atoms with van der Waals surface area (Å²) >= 11 is 7.62. The Labute approximate surface area is 210 Å². The number of likely N-dealkylation sites (N-methyl/N-ethyl adjacent to an activating group) is 1. The summed E-state index contributed by atoms with van der Waals surface area (Å²) in [5, 5.41) is 0.652. The van der Waals surface area contributed by atoms with Crippen LogP contribution in [0.4, 0.5) is 0 Å². The van der Waals surface area contributed by atoms with Crippen molar-refractivity contribution in [3.63, 3.8) is 0 Å². The average Bonchev–Trinajstić information content (AvgIpc) is 2.87. The highest BCUT2D eigenvalue weighted by atomic mass is 35.5. The highest BCUT2D eigenvalue weighted by Gasteiger charge is 2.38. The fraction of sp³-hybridized carbons (Fsp3) is 0.444. The summed E-state index contributed by atoms with van der Waals surface area (Å²) in [6, 6.07) is 8.19. The number of hydrogen-bond donors (Lipinski definition) is 0. The quantitative estimate of drug-likeness (QED) is 0.460. The third-order valence-corrected chi connectivity index (χ3v) is 8.72. The number of nitrogens with zero attached hydrogens (tertiary/aromatic N) is 3. The minimum atomic E-state index is -0.0596. The van der Waals surface area contributed by atoms with Gasteiger partial charge in [-0.15, -0.1) is 0 Å². The molecule has 1 aromatic rings. The first-order valence-electron chi connectivity index (χ1n) is 12.2. The monoisotopic (exact) mass is 496 g/mol. The Balaban J connectivity index is 1.28. The molecule has 0 N–H and O–H groups in total. The van der Waals surface area contributed by atoms with Crippen molar-refractivity contribution in [2.45, 2.75) is 43.4 Å². The van der Waals surface area contributed by atoms with Gasteiger partial charge in [0.15, 0.2) is 0 Å². The Morgan fingerprint density at radius 3 is 2.65 bits per heavy atom. The molecule has 2 aliphatic carbocycles. The van der Waals surface area contributed by atoms with Gasteiger partial charge in [0.2, 0.25) is 5.71 Å². The molecule has 2 amide bonds. The van der Waals surface area contributed by atoms with Crippen molar-refractivity contribution in [1.82, 2.24) is 9.80 Å². The van der Waals surface area contributed by atoms with Crippen molar-refractivity contribution >= 4 is 47.0 Å². The number of carbonyl (C=O) groups is 2. The van der Waals surface area contributed by atoms with Gasteiger partial charge in [0.1, 0.15) is 17.2 Å². The van der Waals surface area contributed by atoms with Gasteiger partial charge in [-0.2, -0.15) is 4.58 Å². The summed E-state index contributed by atoms with van der Waals surface area (Å²) in [6.45, 7) is 3.46.